The summed E-state index contributed by atoms with van der Waals surface area (Å²) in [7, 11) is 0. The standard InChI is InChI=1S/C59H40N4S2/c1-5-14-39(50-33(2)59(3,4)46-20-11-8-17-41(46)50)38-27-28-40-44(30-38)51-42-18-9-12-21-47(42)63(55(51)56-52(40)45-29-36-15-6-7-16-37(36)31-49(45)64-56)57-53(35-25-23-34(32-60)24-26-35)62-58-54(61-57)43-19-10-13-22-48(43)65-58/h5-26,29-31H,2,27-28H2,1,3-4H3/b14-5-,50-39-. The first-order valence-electron chi connectivity index (χ1n) is 22.2. The van der Waals surface area contributed by atoms with E-state index in [1.807, 2.05) is 35.6 Å². The summed E-state index contributed by atoms with van der Waals surface area (Å²) >= 11 is 3.56. The first kappa shape index (κ1) is 38.1. The highest BCUT2D eigenvalue weighted by Gasteiger charge is 2.39. The number of aromatic nitrogens is 3. The van der Waals surface area contributed by atoms with Gasteiger partial charge in [-0.2, -0.15) is 5.26 Å². The highest BCUT2D eigenvalue weighted by molar-refractivity contribution is 7.27. The van der Waals surface area contributed by atoms with Crippen LogP contribution in [0.15, 0.2) is 169 Å². The Bertz CT molecular complexity index is 4060. The van der Waals surface area contributed by atoms with Gasteiger partial charge in [0, 0.05) is 47.3 Å². The maximum Gasteiger partial charge on any atom is 0.165 e. The molecule has 0 atom stereocenters. The highest BCUT2D eigenvalue weighted by Crippen LogP contribution is 2.54. The lowest BCUT2D eigenvalue weighted by molar-refractivity contribution is 0.663. The monoisotopic (exact) mass is 868 g/mol. The molecule has 0 bridgehead atoms. The normalized spacial score (nSPS) is 15.5. The van der Waals surface area contributed by atoms with Gasteiger partial charge in [0.15, 0.2) is 5.82 Å². The van der Waals surface area contributed by atoms with E-state index in [2.05, 4.69) is 159 Å². The van der Waals surface area contributed by atoms with Gasteiger partial charge in [0.2, 0.25) is 0 Å². The van der Waals surface area contributed by atoms with Crippen molar-refractivity contribution in [3.63, 3.8) is 0 Å². The van der Waals surface area contributed by atoms with Gasteiger partial charge in [0.25, 0.3) is 0 Å². The lowest BCUT2D eigenvalue weighted by atomic mass is 9.80. The maximum absolute atomic E-state index is 9.81. The Hall–Kier alpha value is -7.43. The predicted molar refractivity (Wildman–Crippen MR) is 276 cm³/mol. The van der Waals surface area contributed by atoms with Crippen molar-refractivity contribution < 1.29 is 0 Å². The predicted octanol–water partition coefficient (Wildman–Crippen LogP) is 16.2. The molecule has 0 saturated heterocycles. The molecule has 65 heavy (non-hydrogen) atoms. The van der Waals surface area contributed by atoms with Crippen LogP contribution in [-0.2, 0) is 11.8 Å². The van der Waals surface area contributed by atoms with Crippen LogP contribution in [0.25, 0.3) is 102 Å². The molecular formula is C59H40N4S2. The molecule has 6 heteroatoms. The molecule has 0 fully saturated rings. The van der Waals surface area contributed by atoms with E-state index in [0.29, 0.717) is 5.56 Å². The van der Waals surface area contributed by atoms with E-state index in [1.54, 1.807) is 11.3 Å². The third-order valence-corrected chi connectivity index (χ3v) is 16.3. The lowest BCUT2D eigenvalue weighted by Gasteiger charge is -2.24. The van der Waals surface area contributed by atoms with E-state index >= 15 is 0 Å². The zero-order valence-corrected chi connectivity index (χ0v) is 37.8. The average Bonchev–Trinajstić information content (AvgIpc) is 4.06. The summed E-state index contributed by atoms with van der Waals surface area (Å²) in [4.78, 5) is 12.1. The third-order valence-electron chi connectivity index (χ3n) is 14.1. The number of aryl methyl sites for hydroxylation is 1. The molecule has 0 N–H and O–H groups in total. The Morgan fingerprint density at radius 1 is 0.769 bits per heavy atom. The molecule has 0 unspecified atom stereocenters. The molecule has 4 aromatic heterocycles. The van der Waals surface area contributed by atoms with Crippen LogP contribution in [-0.4, -0.2) is 14.5 Å². The van der Waals surface area contributed by atoms with Crippen molar-refractivity contribution in [2.24, 2.45) is 0 Å². The van der Waals surface area contributed by atoms with Crippen LogP contribution in [0.3, 0.4) is 0 Å². The molecule has 0 aliphatic heterocycles. The molecular weight excluding hydrogens is 829 g/mol. The number of benzene rings is 7. The van der Waals surface area contributed by atoms with Crippen LogP contribution in [0.5, 0.6) is 0 Å². The fourth-order valence-electron chi connectivity index (χ4n) is 10.9. The molecule has 0 spiro atoms. The summed E-state index contributed by atoms with van der Waals surface area (Å²) in [5.41, 5.74) is 15.5. The van der Waals surface area contributed by atoms with E-state index in [-0.39, 0.29) is 5.41 Å². The van der Waals surface area contributed by atoms with Crippen LogP contribution in [0.4, 0.5) is 0 Å². The molecule has 2 aliphatic carbocycles. The van der Waals surface area contributed by atoms with Crippen molar-refractivity contribution in [2.45, 2.75) is 39.0 Å². The van der Waals surface area contributed by atoms with Crippen LogP contribution >= 0.6 is 22.7 Å². The number of hydrogen-bond acceptors (Lipinski definition) is 5. The molecule has 4 heterocycles. The van der Waals surface area contributed by atoms with E-state index in [9.17, 15) is 5.26 Å². The van der Waals surface area contributed by atoms with E-state index in [4.69, 9.17) is 16.5 Å². The second-order valence-electron chi connectivity index (χ2n) is 17.9. The highest BCUT2D eigenvalue weighted by atomic mass is 32.1. The van der Waals surface area contributed by atoms with Gasteiger partial charge in [-0.15, -0.1) is 22.7 Å². The van der Waals surface area contributed by atoms with Gasteiger partial charge in [0.05, 0.1) is 27.4 Å². The maximum atomic E-state index is 9.81. The van der Waals surface area contributed by atoms with Crippen LogP contribution in [0.1, 0.15) is 55.0 Å². The van der Waals surface area contributed by atoms with E-state index < -0.39 is 0 Å². The molecule has 308 valence electrons. The minimum Gasteiger partial charge on any atom is -0.290 e. The smallest absolute Gasteiger partial charge is 0.165 e. The van der Waals surface area contributed by atoms with Crippen molar-refractivity contribution in [3.05, 3.63) is 197 Å². The largest absolute Gasteiger partial charge is 0.290 e. The van der Waals surface area contributed by atoms with Crippen LogP contribution < -0.4 is 0 Å². The topological polar surface area (TPSA) is 54.5 Å². The molecule has 0 amide bonds. The number of para-hydroxylation sites is 1. The Labute approximate surface area is 384 Å². The number of allylic oxidation sites excluding steroid dienone is 6. The van der Waals surface area contributed by atoms with Gasteiger partial charge in [0.1, 0.15) is 16.0 Å². The average molecular weight is 869 g/mol. The Balaban J connectivity index is 1.21. The van der Waals surface area contributed by atoms with Gasteiger partial charge in [-0.05, 0) is 111 Å². The Morgan fingerprint density at radius 2 is 1.51 bits per heavy atom. The number of thiophene rings is 2. The zero-order valence-electron chi connectivity index (χ0n) is 36.2. The molecule has 13 rings (SSSR count). The lowest BCUT2D eigenvalue weighted by Crippen LogP contribution is -2.14. The van der Waals surface area contributed by atoms with Crippen molar-refractivity contribution in [3.8, 4) is 23.1 Å². The second kappa shape index (κ2) is 14.0. The number of nitriles is 1. The Morgan fingerprint density at radius 3 is 2.32 bits per heavy atom. The molecule has 0 radical (unpaired) electrons. The summed E-state index contributed by atoms with van der Waals surface area (Å²) in [6, 6.07) is 49.9. The summed E-state index contributed by atoms with van der Waals surface area (Å²) in [5, 5.41) is 18.4. The van der Waals surface area contributed by atoms with Crippen molar-refractivity contribution in [1.82, 2.24) is 14.5 Å². The van der Waals surface area contributed by atoms with Gasteiger partial charge in [-0.25, -0.2) is 9.97 Å². The Kier molecular flexibility index (Phi) is 8.22. The minimum absolute atomic E-state index is 0.181. The van der Waals surface area contributed by atoms with Gasteiger partial charge < -0.3 is 0 Å². The number of nitrogens with zero attached hydrogens (tertiary/aromatic N) is 4. The fourth-order valence-corrected chi connectivity index (χ4v) is 13.2. The minimum atomic E-state index is -0.181. The van der Waals surface area contributed by atoms with Gasteiger partial charge in [-0.1, -0.05) is 136 Å². The summed E-state index contributed by atoms with van der Waals surface area (Å²) in [6.45, 7) is 11.5. The van der Waals surface area contributed by atoms with Crippen LogP contribution in [0.2, 0.25) is 0 Å². The second-order valence-corrected chi connectivity index (χ2v) is 20.0. The summed E-state index contributed by atoms with van der Waals surface area (Å²) in [6.07, 6.45) is 8.84. The fraction of sp³-hybridized carbons (Fsp3) is 0.102. The number of fused-ring (bicyclic) bond motifs is 15. The summed E-state index contributed by atoms with van der Waals surface area (Å²) < 4.78 is 6.10. The number of hydrogen-bond donors (Lipinski definition) is 0. The van der Waals surface area contributed by atoms with Gasteiger partial charge >= 0.3 is 0 Å². The molecule has 0 saturated carbocycles. The van der Waals surface area contributed by atoms with E-state index in [0.717, 1.165) is 67.0 Å². The van der Waals surface area contributed by atoms with Crippen molar-refractivity contribution in [2.75, 3.05) is 0 Å². The van der Waals surface area contributed by atoms with Crippen molar-refractivity contribution >= 4 is 108 Å². The van der Waals surface area contributed by atoms with Crippen molar-refractivity contribution in [1.29, 1.82) is 5.26 Å². The first-order chi connectivity index (χ1) is 31.8. The SMILES string of the molecule is C=C1/C(=C(\C=C/C)C2=Cc3c(c4c5cc6ccccc6cc5sc4c4c3c3ccccc3n4-c3nc4c(nc3-c3ccc(C#N)cc3)sc3ccccc34)CC2)c2ccccc2C1(C)C. The molecule has 2 aliphatic rings. The van der Waals surface area contributed by atoms with E-state index in [1.165, 1.54) is 80.7 Å². The summed E-state index contributed by atoms with van der Waals surface area (Å²) in [5.74, 6) is 0.777. The van der Waals surface area contributed by atoms with Crippen LogP contribution in [0, 0.1) is 11.3 Å². The molecule has 4 nitrogen and oxygen atoms in total. The quantitative estimate of drug-likeness (QED) is 0.177. The zero-order chi connectivity index (χ0) is 43.7. The molecule has 7 aromatic carbocycles. The van der Waals surface area contributed by atoms with Gasteiger partial charge in [-0.3, -0.25) is 4.57 Å². The number of rotatable bonds is 4. The molecule has 11 aromatic rings. The first-order valence-corrected chi connectivity index (χ1v) is 23.9. The third kappa shape index (κ3) is 5.40.